The summed E-state index contributed by atoms with van der Waals surface area (Å²) in [7, 11) is 2.10. The Bertz CT molecular complexity index is 392. The molecule has 1 aromatic rings. The Morgan fingerprint density at radius 2 is 2.06 bits per heavy atom. The molecule has 2 rings (SSSR count). The summed E-state index contributed by atoms with van der Waals surface area (Å²) in [5.74, 6) is 0.340. The van der Waals surface area contributed by atoms with Crippen LogP contribution in [0.4, 0.5) is 0 Å². The molecular weight excluding hydrogens is 304 g/mol. The second-order valence-electron chi connectivity index (χ2n) is 4.29. The third-order valence-electron chi connectivity index (χ3n) is 3.06. The van der Waals surface area contributed by atoms with Crippen LogP contribution in [0.25, 0.3) is 0 Å². The van der Waals surface area contributed by atoms with E-state index >= 15 is 0 Å². The Hall–Kier alpha value is -0.450. The van der Waals surface area contributed by atoms with Gasteiger partial charge in [-0.15, -0.1) is 12.4 Å². The van der Waals surface area contributed by atoms with E-state index < -0.39 is 0 Å². The van der Waals surface area contributed by atoms with Gasteiger partial charge in [-0.2, -0.15) is 0 Å². The van der Waals surface area contributed by atoms with Crippen LogP contribution in [0, 0.1) is 5.92 Å². The van der Waals surface area contributed by atoms with E-state index in [-0.39, 0.29) is 24.1 Å². The van der Waals surface area contributed by atoms with E-state index in [2.05, 4.69) is 32.9 Å². The van der Waals surface area contributed by atoms with Crippen LogP contribution < -0.4 is 0 Å². The normalized spacial score (nSPS) is 17.5. The van der Waals surface area contributed by atoms with Crippen LogP contribution in [-0.2, 0) is 0 Å². The molecule has 0 unspecified atom stereocenters. The van der Waals surface area contributed by atoms with E-state index in [0.29, 0.717) is 5.69 Å². The lowest BCUT2D eigenvalue weighted by atomic mass is 9.91. The SMILES string of the molecule is CN1CCC(C(=O)c2cccc(Br)n2)CC1.Cl. The summed E-state index contributed by atoms with van der Waals surface area (Å²) in [5, 5.41) is 0. The molecule has 1 aliphatic heterocycles. The Balaban J connectivity index is 0.00000144. The minimum absolute atomic E-state index is 0. The van der Waals surface area contributed by atoms with Gasteiger partial charge in [0.1, 0.15) is 10.3 Å². The highest BCUT2D eigenvalue weighted by Gasteiger charge is 2.25. The van der Waals surface area contributed by atoms with E-state index in [1.54, 1.807) is 6.07 Å². The minimum Gasteiger partial charge on any atom is -0.306 e. The highest BCUT2D eigenvalue weighted by atomic mass is 79.9. The van der Waals surface area contributed by atoms with Crippen molar-refractivity contribution in [3.63, 3.8) is 0 Å². The van der Waals surface area contributed by atoms with Crippen LogP contribution in [0.15, 0.2) is 22.8 Å². The zero-order valence-corrected chi connectivity index (χ0v) is 12.1. The molecule has 1 aliphatic rings. The predicted octanol–water partition coefficient (Wildman–Crippen LogP) is 2.79. The number of likely N-dealkylation sites (tertiary alicyclic amines) is 1. The van der Waals surface area contributed by atoms with Gasteiger partial charge in [-0.25, -0.2) is 4.98 Å². The molecule has 0 aromatic carbocycles. The number of hydrogen-bond acceptors (Lipinski definition) is 3. The molecule has 17 heavy (non-hydrogen) atoms. The fourth-order valence-corrected chi connectivity index (χ4v) is 2.37. The molecule has 0 bridgehead atoms. The highest BCUT2D eigenvalue weighted by Crippen LogP contribution is 2.20. The lowest BCUT2D eigenvalue weighted by Crippen LogP contribution is -2.33. The largest absolute Gasteiger partial charge is 0.306 e. The minimum atomic E-state index is 0. The van der Waals surface area contributed by atoms with E-state index in [4.69, 9.17) is 0 Å². The maximum Gasteiger partial charge on any atom is 0.184 e. The molecule has 1 aromatic heterocycles. The third kappa shape index (κ3) is 3.76. The summed E-state index contributed by atoms with van der Waals surface area (Å²) >= 11 is 3.29. The molecule has 0 atom stereocenters. The Labute approximate surface area is 116 Å². The smallest absolute Gasteiger partial charge is 0.184 e. The van der Waals surface area contributed by atoms with Crippen LogP contribution in [0.3, 0.4) is 0 Å². The number of aromatic nitrogens is 1. The molecule has 1 fully saturated rings. The second kappa shape index (κ2) is 6.47. The van der Waals surface area contributed by atoms with Crippen molar-refractivity contribution in [3.8, 4) is 0 Å². The van der Waals surface area contributed by atoms with Crippen LogP contribution in [-0.4, -0.2) is 35.8 Å². The van der Waals surface area contributed by atoms with Crippen molar-refractivity contribution < 1.29 is 4.79 Å². The van der Waals surface area contributed by atoms with Gasteiger partial charge in [0.2, 0.25) is 0 Å². The number of carbonyl (C=O) groups is 1. The van der Waals surface area contributed by atoms with Gasteiger partial charge in [0.15, 0.2) is 5.78 Å². The molecule has 0 amide bonds. The molecule has 3 nitrogen and oxygen atoms in total. The summed E-state index contributed by atoms with van der Waals surface area (Å²) in [6.07, 6.45) is 1.90. The zero-order valence-electron chi connectivity index (χ0n) is 9.73. The quantitative estimate of drug-likeness (QED) is 0.621. The molecule has 2 heterocycles. The van der Waals surface area contributed by atoms with Gasteiger partial charge >= 0.3 is 0 Å². The van der Waals surface area contributed by atoms with Crippen LogP contribution >= 0.6 is 28.3 Å². The first kappa shape index (κ1) is 14.6. The highest BCUT2D eigenvalue weighted by molar-refractivity contribution is 9.10. The number of Topliss-reactive ketones (excluding diaryl/α,β-unsaturated/α-hetero) is 1. The van der Waals surface area contributed by atoms with E-state index in [0.717, 1.165) is 30.5 Å². The van der Waals surface area contributed by atoms with Crippen molar-refractivity contribution in [2.24, 2.45) is 5.92 Å². The van der Waals surface area contributed by atoms with Gasteiger partial charge in [-0.1, -0.05) is 6.07 Å². The van der Waals surface area contributed by atoms with Crippen LogP contribution in [0.5, 0.6) is 0 Å². The molecule has 0 saturated carbocycles. The standard InChI is InChI=1S/C12H15BrN2O.ClH/c1-15-7-5-9(6-8-15)12(16)10-3-2-4-11(13)14-10;/h2-4,9H,5-8H2,1H3;1H. The number of carbonyl (C=O) groups excluding carboxylic acids is 1. The number of hydrogen-bond donors (Lipinski definition) is 0. The average molecular weight is 320 g/mol. The number of halogens is 2. The van der Waals surface area contributed by atoms with Gasteiger partial charge in [0.05, 0.1) is 0 Å². The zero-order chi connectivity index (χ0) is 11.5. The summed E-state index contributed by atoms with van der Waals surface area (Å²) in [5.41, 5.74) is 0.587. The van der Waals surface area contributed by atoms with Gasteiger partial charge in [-0.3, -0.25) is 4.79 Å². The Kier molecular flexibility index (Phi) is 5.56. The first-order chi connectivity index (χ1) is 7.66. The number of ketones is 1. The number of pyridine rings is 1. The van der Waals surface area contributed by atoms with E-state index in [1.165, 1.54) is 0 Å². The predicted molar refractivity (Wildman–Crippen MR) is 73.7 cm³/mol. The Morgan fingerprint density at radius 3 is 2.65 bits per heavy atom. The summed E-state index contributed by atoms with van der Waals surface area (Å²) in [4.78, 5) is 18.6. The van der Waals surface area contributed by atoms with Crippen molar-refractivity contribution in [2.45, 2.75) is 12.8 Å². The maximum atomic E-state index is 12.2. The summed E-state index contributed by atoms with van der Waals surface area (Å²) < 4.78 is 0.728. The van der Waals surface area contributed by atoms with Crippen molar-refractivity contribution >= 4 is 34.1 Å². The van der Waals surface area contributed by atoms with Crippen LogP contribution in [0.2, 0.25) is 0 Å². The number of piperidine rings is 1. The molecule has 0 radical (unpaired) electrons. The Morgan fingerprint density at radius 1 is 1.41 bits per heavy atom. The summed E-state index contributed by atoms with van der Waals surface area (Å²) in [6, 6.07) is 5.50. The molecular formula is C12H16BrClN2O. The van der Waals surface area contributed by atoms with Crippen molar-refractivity contribution in [3.05, 3.63) is 28.5 Å². The van der Waals surface area contributed by atoms with Crippen LogP contribution in [0.1, 0.15) is 23.3 Å². The summed E-state index contributed by atoms with van der Waals surface area (Å²) in [6.45, 7) is 2.01. The monoisotopic (exact) mass is 318 g/mol. The molecule has 5 heteroatoms. The van der Waals surface area contributed by atoms with Gasteiger partial charge in [0.25, 0.3) is 0 Å². The average Bonchev–Trinajstić information content (AvgIpc) is 2.29. The maximum absolute atomic E-state index is 12.2. The molecule has 0 N–H and O–H groups in total. The van der Waals surface area contributed by atoms with Gasteiger partial charge in [0, 0.05) is 5.92 Å². The number of nitrogens with zero attached hydrogens (tertiary/aromatic N) is 2. The van der Waals surface area contributed by atoms with E-state index in [9.17, 15) is 4.79 Å². The first-order valence-corrected chi connectivity index (χ1v) is 6.31. The van der Waals surface area contributed by atoms with Gasteiger partial charge < -0.3 is 4.90 Å². The third-order valence-corrected chi connectivity index (χ3v) is 3.50. The fraction of sp³-hybridized carbons (Fsp3) is 0.500. The fourth-order valence-electron chi connectivity index (χ4n) is 2.03. The molecule has 0 aliphatic carbocycles. The van der Waals surface area contributed by atoms with Crippen molar-refractivity contribution in [1.29, 1.82) is 0 Å². The first-order valence-electron chi connectivity index (χ1n) is 5.52. The van der Waals surface area contributed by atoms with Gasteiger partial charge in [-0.05, 0) is 61.0 Å². The second-order valence-corrected chi connectivity index (χ2v) is 5.10. The lowest BCUT2D eigenvalue weighted by Gasteiger charge is -2.27. The van der Waals surface area contributed by atoms with Crippen molar-refractivity contribution in [2.75, 3.05) is 20.1 Å². The lowest BCUT2D eigenvalue weighted by molar-refractivity contribution is 0.0851. The molecule has 0 spiro atoms. The topological polar surface area (TPSA) is 33.2 Å². The number of rotatable bonds is 2. The van der Waals surface area contributed by atoms with E-state index in [1.807, 2.05) is 12.1 Å². The molecule has 94 valence electrons. The van der Waals surface area contributed by atoms with Crippen molar-refractivity contribution in [1.82, 2.24) is 9.88 Å². The molecule has 1 saturated heterocycles.